The van der Waals surface area contributed by atoms with Crippen LogP contribution in [0.15, 0.2) is 30.3 Å². The van der Waals surface area contributed by atoms with Crippen molar-refractivity contribution < 1.29 is 0 Å². The summed E-state index contributed by atoms with van der Waals surface area (Å²) in [7, 11) is 0. The number of fused-ring (bicyclic) bond motifs is 1. The van der Waals surface area contributed by atoms with Crippen molar-refractivity contribution >= 4 is 17.2 Å². The first-order chi connectivity index (χ1) is 10.2. The molecule has 106 valence electrons. The number of thiophene rings is 1. The molecule has 21 heavy (non-hydrogen) atoms. The van der Waals surface area contributed by atoms with Gasteiger partial charge in [-0.25, -0.2) is 0 Å². The van der Waals surface area contributed by atoms with Crippen molar-refractivity contribution in [2.45, 2.75) is 26.2 Å². The first kappa shape index (κ1) is 12.7. The molecule has 2 aromatic heterocycles. The summed E-state index contributed by atoms with van der Waals surface area (Å²) in [6, 6.07) is 10.7. The Labute approximate surface area is 127 Å². The van der Waals surface area contributed by atoms with Crippen LogP contribution >= 0.6 is 11.3 Å². The Morgan fingerprint density at radius 1 is 1.24 bits per heavy atom. The van der Waals surface area contributed by atoms with Crippen molar-refractivity contribution in [2.75, 3.05) is 5.73 Å². The Hall–Kier alpha value is -2.07. The number of aromatic nitrogens is 2. The molecule has 2 heterocycles. The van der Waals surface area contributed by atoms with Gasteiger partial charge in [-0.2, -0.15) is 5.10 Å². The van der Waals surface area contributed by atoms with Gasteiger partial charge >= 0.3 is 0 Å². The van der Waals surface area contributed by atoms with E-state index in [1.165, 1.54) is 40.1 Å². The number of hydrogen-bond acceptors (Lipinski definition) is 3. The van der Waals surface area contributed by atoms with Crippen LogP contribution in [0.4, 0.5) is 5.82 Å². The molecule has 0 spiro atoms. The van der Waals surface area contributed by atoms with Crippen molar-refractivity contribution in [1.29, 1.82) is 0 Å². The van der Waals surface area contributed by atoms with Gasteiger partial charge in [-0.3, -0.25) is 5.10 Å². The highest BCUT2D eigenvalue weighted by Gasteiger charge is 2.20. The average Bonchev–Trinajstić information content (AvgIpc) is 3.11. The highest BCUT2D eigenvalue weighted by Crippen LogP contribution is 2.41. The molecule has 4 heteroatoms. The summed E-state index contributed by atoms with van der Waals surface area (Å²) in [5.41, 5.74) is 12.1. The molecule has 0 amide bonds. The van der Waals surface area contributed by atoms with Crippen molar-refractivity contribution in [1.82, 2.24) is 10.2 Å². The van der Waals surface area contributed by atoms with E-state index in [1.807, 2.05) is 11.3 Å². The van der Waals surface area contributed by atoms with Gasteiger partial charge in [0.05, 0.1) is 16.1 Å². The van der Waals surface area contributed by atoms with E-state index in [0.29, 0.717) is 5.82 Å². The van der Waals surface area contributed by atoms with Crippen LogP contribution in [-0.2, 0) is 12.8 Å². The molecule has 0 saturated heterocycles. The zero-order valence-electron chi connectivity index (χ0n) is 11.9. The van der Waals surface area contributed by atoms with Gasteiger partial charge in [0.25, 0.3) is 0 Å². The maximum Gasteiger partial charge on any atom is 0.153 e. The maximum atomic E-state index is 6.11. The van der Waals surface area contributed by atoms with Crippen LogP contribution in [0.1, 0.15) is 22.4 Å². The zero-order valence-corrected chi connectivity index (χ0v) is 12.8. The highest BCUT2D eigenvalue weighted by atomic mass is 32.1. The summed E-state index contributed by atoms with van der Waals surface area (Å²) < 4.78 is 0. The number of aryl methyl sites for hydroxylation is 3. The zero-order chi connectivity index (χ0) is 14.4. The normalized spacial score (nSPS) is 13.6. The van der Waals surface area contributed by atoms with Gasteiger partial charge in [0, 0.05) is 4.88 Å². The third-order valence-corrected chi connectivity index (χ3v) is 5.35. The molecule has 1 aliphatic carbocycles. The van der Waals surface area contributed by atoms with E-state index in [2.05, 4.69) is 47.5 Å². The van der Waals surface area contributed by atoms with E-state index in [0.717, 1.165) is 16.8 Å². The lowest BCUT2D eigenvalue weighted by Crippen LogP contribution is -1.88. The molecular formula is C17H17N3S. The minimum Gasteiger partial charge on any atom is -0.382 e. The fraction of sp³-hybridized carbons (Fsp3) is 0.235. The topological polar surface area (TPSA) is 54.7 Å². The number of nitrogen functional groups attached to an aromatic ring is 1. The Kier molecular flexibility index (Phi) is 2.86. The summed E-state index contributed by atoms with van der Waals surface area (Å²) in [4.78, 5) is 2.77. The Morgan fingerprint density at radius 2 is 2.14 bits per heavy atom. The molecule has 1 aromatic carbocycles. The lowest BCUT2D eigenvalue weighted by Gasteiger charge is -2.04. The van der Waals surface area contributed by atoms with Gasteiger partial charge in [0.1, 0.15) is 0 Å². The van der Waals surface area contributed by atoms with Crippen LogP contribution in [0.5, 0.6) is 0 Å². The number of nitrogens with one attached hydrogen (secondary N) is 1. The van der Waals surface area contributed by atoms with Gasteiger partial charge in [0.15, 0.2) is 5.82 Å². The fourth-order valence-corrected chi connectivity index (χ4v) is 4.33. The summed E-state index contributed by atoms with van der Waals surface area (Å²) in [5, 5.41) is 7.37. The predicted octanol–water partition coefficient (Wildman–Crippen LogP) is 4.18. The number of hydrogen-bond donors (Lipinski definition) is 2. The van der Waals surface area contributed by atoms with Gasteiger partial charge in [0.2, 0.25) is 0 Å². The number of aromatic amines is 1. The van der Waals surface area contributed by atoms with Crippen molar-refractivity contribution in [2.24, 2.45) is 0 Å². The summed E-state index contributed by atoms with van der Waals surface area (Å²) >= 11 is 1.87. The number of nitrogens with zero attached hydrogens (tertiary/aromatic N) is 1. The first-order valence-electron chi connectivity index (χ1n) is 7.25. The number of anilines is 1. The molecule has 3 nitrogen and oxygen atoms in total. The number of benzene rings is 1. The molecule has 0 atom stereocenters. The molecule has 4 rings (SSSR count). The number of H-pyrrole nitrogens is 1. The second-order valence-corrected chi connectivity index (χ2v) is 6.78. The Balaban J connectivity index is 1.86. The van der Waals surface area contributed by atoms with Gasteiger partial charge in [-0.1, -0.05) is 29.8 Å². The van der Waals surface area contributed by atoms with Crippen LogP contribution in [-0.4, -0.2) is 10.2 Å². The molecule has 0 saturated carbocycles. The number of nitrogens with two attached hydrogens (primary N) is 1. The van der Waals surface area contributed by atoms with E-state index in [4.69, 9.17) is 5.73 Å². The monoisotopic (exact) mass is 295 g/mol. The minimum atomic E-state index is 0.573. The molecule has 0 radical (unpaired) electrons. The quantitative estimate of drug-likeness (QED) is 0.745. The minimum absolute atomic E-state index is 0.573. The van der Waals surface area contributed by atoms with Crippen molar-refractivity contribution in [3.05, 3.63) is 46.3 Å². The highest BCUT2D eigenvalue weighted by molar-refractivity contribution is 7.15. The Morgan fingerprint density at radius 3 is 2.95 bits per heavy atom. The third kappa shape index (κ3) is 2.07. The van der Waals surface area contributed by atoms with Gasteiger partial charge in [-0.15, -0.1) is 11.3 Å². The van der Waals surface area contributed by atoms with Gasteiger partial charge in [-0.05, 0) is 43.4 Å². The SMILES string of the molecule is Cc1cccc(-c2c(N)n[nH]c2-c2cc3c(s2)CCC3)c1. The second-order valence-electron chi connectivity index (χ2n) is 5.64. The smallest absolute Gasteiger partial charge is 0.153 e. The van der Waals surface area contributed by atoms with Crippen molar-refractivity contribution in [3.8, 4) is 21.7 Å². The number of rotatable bonds is 2. The van der Waals surface area contributed by atoms with E-state index >= 15 is 0 Å². The van der Waals surface area contributed by atoms with E-state index < -0.39 is 0 Å². The molecule has 0 aliphatic heterocycles. The van der Waals surface area contributed by atoms with Crippen LogP contribution in [0.2, 0.25) is 0 Å². The third-order valence-electron chi connectivity index (χ3n) is 4.09. The van der Waals surface area contributed by atoms with Crippen LogP contribution in [0.25, 0.3) is 21.7 Å². The lowest BCUT2D eigenvalue weighted by atomic mass is 10.0. The van der Waals surface area contributed by atoms with E-state index in [1.54, 1.807) is 0 Å². The van der Waals surface area contributed by atoms with Crippen LogP contribution < -0.4 is 5.73 Å². The van der Waals surface area contributed by atoms with E-state index in [9.17, 15) is 0 Å². The predicted molar refractivity (Wildman–Crippen MR) is 88.5 cm³/mol. The Bertz CT molecular complexity index is 792. The van der Waals surface area contributed by atoms with Gasteiger partial charge < -0.3 is 5.73 Å². The maximum absolute atomic E-state index is 6.11. The van der Waals surface area contributed by atoms with Crippen LogP contribution in [0.3, 0.4) is 0 Å². The molecule has 3 aromatic rings. The molecule has 1 aliphatic rings. The summed E-state index contributed by atoms with van der Waals surface area (Å²) in [6.45, 7) is 2.10. The van der Waals surface area contributed by atoms with Crippen LogP contribution in [0, 0.1) is 6.92 Å². The largest absolute Gasteiger partial charge is 0.382 e. The van der Waals surface area contributed by atoms with Crippen molar-refractivity contribution in [3.63, 3.8) is 0 Å². The standard InChI is InChI=1S/C17H17N3S/c1-10-4-2-6-12(8-10)15-16(19-20-17(15)18)14-9-11-5-3-7-13(11)21-14/h2,4,6,8-9H,3,5,7H2,1H3,(H3,18,19,20). The molecule has 3 N–H and O–H groups in total. The average molecular weight is 295 g/mol. The lowest BCUT2D eigenvalue weighted by molar-refractivity contribution is 0.915. The second kappa shape index (κ2) is 4.74. The molecule has 0 unspecified atom stereocenters. The molecule has 0 bridgehead atoms. The molecular weight excluding hydrogens is 278 g/mol. The summed E-state index contributed by atoms with van der Waals surface area (Å²) in [6.07, 6.45) is 3.70. The fourth-order valence-electron chi connectivity index (χ4n) is 3.08. The van der Waals surface area contributed by atoms with E-state index in [-0.39, 0.29) is 0 Å². The first-order valence-corrected chi connectivity index (χ1v) is 8.07. The molecule has 0 fully saturated rings. The summed E-state index contributed by atoms with van der Waals surface area (Å²) in [5.74, 6) is 0.573.